The number of allylic oxidation sites excluding steroid dienone is 1. The van der Waals surface area contributed by atoms with Crippen LogP contribution in [0.2, 0.25) is 0 Å². The summed E-state index contributed by atoms with van der Waals surface area (Å²) in [5.41, 5.74) is 3.51. The topological polar surface area (TPSA) is 91.3 Å². The highest BCUT2D eigenvalue weighted by molar-refractivity contribution is 7.90. The number of nitrogens with one attached hydrogen (secondary N) is 1. The molecule has 49 heavy (non-hydrogen) atoms. The summed E-state index contributed by atoms with van der Waals surface area (Å²) in [7, 11) is -4.35. The molecule has 1 saturated heterocycles. The first kappa shape index (κ1) is 34.2. The average Bonchev–Trinajstić information content (AvgIpc) is 3.52. The van der Waals surface area contributed by atoms with Crippen LogP contribution in [-0.2, 0) is 15.6 Å². The molecule has 3 aromatic carbocycles. The summed E-state index contributed by atoms with van der Waals surface area (Å²) in [6.45, 7) is 8.32. The average molecular weight is 709 g/mol. The molecule has 0 bridgehead atoms. The van der Waals surface area contributed by atoms with Crippen LogP contribution in [0.1, 0.15) is 17.5 Å². The molecule has 0 aliphatic carbocycles. The van der Waals surface area contributed by atoms with Gasteiger partial charge in [-0.05, 0) is 60.5 Å². The van der Waals surface area contributed by atoms with E-state index in [-0.39, 0.29) is 5.95 Å². The van der Waals surface area contributed by atoms with Crippen molar-refractivity contribution in [3.8, 4) is 21.8 Å². The second-order valence-corrected chi connectivity index (χ2v) is 14.5. The number of anilines is 3. The molecular weight excluding hydrogens is 677 g/mol. The van der Waals surface area contributed by atoms with Crippen LogP contribution in [-0.4, -0.2) is 67.7 Å². The van der Waals surface area contributed by atoms with Gasteiger partial charge in [0.05, 0.1) is 27.7 Å². The molecule has 0 radical (unpaired) electrons. The number of rotatable bonds is 11. The van der Waals surface area contributed by atoms with Crippen LogP contribution in [0.15, 0.2) is 84.4 Å². The molecular formula is C35H32F4N6O2S2. The monoisotopic (exact) mass is 708 g/mol. The van der Waals surface area contributed by atoms with E-state index in [0.717, 1.165) is 18.2 Å². The van der Waals surface area contributed by atoms with E-state index in [9.17, 15) is 21.6 Å². The fourth-order valence-electron chi connectivity index (χ4n) is 5.60. The summed E-state index contributed by atoms with van der Waals surface area (Å²) < 4.78 is 82.7. The SMILES string of the molecule is C=C(C)c1nc(-c2cccc(CS(=O)(=O)c3c(F)cccc3F)c2)c(-c2ccnc(Nc3ccc(N4CCN(CCF)CC4)c(F)c3)n2)s1. The third-order valence-electron chi connectivity index (χ3n) is 7.99. The highest BCUT2D eigenvalue weighted by Crippen LogP contribution is 2.39. The molecule has 1 fully saturated rings. The van der Waals surface area contributed by atoms with Gasteiger partial charge in [-0.15, -0.1) is 11.3 Å². The quantitative estimate of drug-likeness (QED) is 0.141. The maximum atomic E-state index is 15.2. The van der Waals surface area contributed by atoms with Gasteiger partial charge < -0.3 is 10.2 Å². The highest BCUT2D eigenvalue weighted by Gasteiger charge is 2.25. The molecule has 0 atom stereocenters. The van der Waals surface area contributed by atoms with Crippen LogP contribution >= 0.6 is 11.3 Å². The van der Waals surface area contributed by atoms with Gasteiger partial charge in [-0.3, -0.25) is 4.90 Å². The van der Waals surface area contributed by atoms with Crippen LogP contribution < -0.4 is 10.2 Å². The standard InChI is InChI=1S/C35H32F4N6O2S2/c1-22(2)34-43-31(24-6-3-5-23(19-24)21-49(46,47)33-26(37)7-4-8-27(33)38)32(48-34)29-11-13-40-35(42-29)41-25-9-10-30(28(39)20-25)45-17-15-44(14-12-36)16-18-45/h3-11,13,19-20H,1,12,14-18,21H2,2H3,(H,40,41,42). The predicted octanol–water partition coefficient (Wildman–Crippen LogP) is 7.53. The molecule has 0 spiro atoms. The van der Waals surface area contributed by atoms with Gasteiger partial charge in [0.2, 0.25) is 5.95 Å². The van der Waals surface area contributed by atoms with E-state index in [0.29, 0.717) is 82.1 Å². The first-order valence-electron chi connectivity index (χ1n) is 15.4. The van der Waals surface area contributed by atoms with E-state index in [2.05, 4.69) is 21.9 Å². The smallest absolute Gasteiger partial charge is 0.227 e. The first-order valence-corrected chi connectivity index (χ1v) is 17.9. The second-order valence-electron chi connectivity index (χ2n) is 11.6. The van der Waals surface area contributed by atoms with E-state index in [1.165, 1.54) is 17.4 Å². The zero-order chi connectivity index (χ0) is 34.7. The van der Waals surface area contributed by atoms with Crippen molar-refractivity contribution in [2.75, 3.05) is 49.6 Å². The molecule has 1 aliphatic rings. The van der Waals surface area contributed by atoms with Crippen molar-refractivity contribution >= 4 is 44.1 Å². The van der Waals surface area contributed by atoms with Crippen molar-refractivity contribution in [3.63, 3.8) is 0 Å². The molecule has 0 amide bonds. The van der Waals surface area contributed by atoms with Crippen molar-refractivity contribution in [1.29, 1.82) is 0 Å². The molecule has 3 heterocycles. The lowest BCUT2D eigenvalue weighted by Gasteiger charge is -2.35. The van der Waals surface area contributed by atoms with Crippen LogP contribution in [0.3, 0.4) is 0 Å². The summed E-state index contributed by atoms with van der Waals surface area (Å²) in [6, 6.07) is 16.0. The van der Waals surface area contributed by atoms with E-state index < -0.39 is 44.6 Å². The molecule has 5 aromatic rings. The van der Waals surface area contributed by atoms with Crippen LogP contribution in [0.4, 0.5) is 34.9 Å². The van der Waals surface area contributed by atoms with Gasteiger partial charge in [0.1, 0.15) is 34.0 Å². The van der Waals surface area contributed by atoms with Crippen molar-refractivity contribution in [2.24, 2.45) is 0 Å². The van der Waals surface area contributed by atoms with Gasteiger partial charge >= 0.3 is 0 Å². The maximum Gasteiger partial charge on any atom is 0.227 e. The van der Waals surface area contributed by atoms with Crippen LogP contribution in [0.25, 0.3) is 27.4 Å². The van der Waals surface area contributed by atoms with E-state index in [1.54, 1.807) is 48.7 Å². The number of aromatic nitrogens is 3. The highest BCUT2D eigenvalue weighted by atomic mass is 32.2. The Balaban J connectivity index is 1.26. The minimum Gasteiger partial charge on any atom is -0.367 e. The Morgan fingerprint density at radius 2 is 1.67 bits per heavy atom. The maximum absolute atomic E-state index is 15.2. The fourth-order valence-corrected chi connectivity index (χ4v) is 8.08. The van der Waals surface area contributed by atoms with E-state index >= 15 is 4.39 Å². The number of thiazole rings is 1. The zero-order valence-corrected chi connectivity index (χ0v) is 28.1. The molecule has 8 nitrogen and oxygen atoms in total. The number of hydrogen-bond acceptors (Lipinski definition) is 9. The zero-order valence-electron chi connectivity index (χ0n) is 26.5. The minimum atomic E-state index is -4.35. The Hall–Kier alpha value is -4.66. The Kier molecular flexibility index (Phi) is 10.1. The Bertz CT molecular complexity index is 2100. The summed E-state index contributed by atoms with van der Waals surface area (Å²) >= 11 is 1.34. The normalized spacial score (nSPS) is 13.9. The molecule has 1 N–H and O–H groups in total. The summed E-state index contributed by atoms with van der Waals surface area (Å²) in [6.07, 6.45) is 1.56. The lowest BCUT2D eigenvalue weighted by molar-refractivity contribution is 0.235. The van der Waals surface area contributed by atoms with Gasteiger partial charge in [-0.2, -0.15) is 0 Å². The summed E-state index contributed by atoms with van der Waals surface area (Å²) in [5, 5.41) is 3.70. The Morgan fingerprint density at radius 3 is 2.37 bits per heavy atom. The number of halogens is 4. The molecule has 1 aliphatic heterocycles. The van der Waals surface area contributed by atoms with Gasteiger partial charge in [0, 0.05) is 50.2 Å². The largest absolute Gasteiger partial charge is 0.367 e. The third-order valence-corrected chi connectivity index (χ3v) is 11.0. The lowest BCUT2D eigenvalue weighted by Crippen LogP contribution is -2.47. The van der Waals surface area contributed by atoms with Gasteiger partial charge in [-0.25, -0.2) is 40.9 Å². The van der Waals surface area contributed by atoms with Crippen molar-refractivity contribution in [3.05, 3.63) is 108 Å². The minimum absolute atomic E-state index is 0.215. The second kappa shape index (κ2) is 14.4. The molecule has 0 unspecified atom stereocenters. The molecule has 6 rings (SSSR count). The summed E-state index contributed by atoms with van der Waals surface area (Å²) in [5.74, 6) is -3.12. The number of piperazine rings is 1. The number of sulfone groups is 1. The van der Waals surface area contributed by atoms with Crippen LogP contribution in [0.5, 0.6) is 0 Å². The predicted molar refractivity (Wildman–Crippen MR) is 185 cm³/mol. The van der Waals surface area contributed by atoms with Crippen molar-refractivity contribution in [2.45, 2.75) is 17.6 Å². The van der Waals surface area contributed by atoms with Gasteiger partial charge in [0.15, 0.2) is 9.84 Å². The lowest BCUT2D eigenvalue weighted by atomic mass is 10.1. The van der Waals surface area contributed by atoms with E-state index in [4.69, 9.17) is 4.98 Å². The van der Waals surface area contributed by atoms with Crippen molar-refractivity contribution < 1.29 is 26.0 Å². The summed E-state index contributed by atoms with van der Waals surface area (Å²) in [4.78, 5) is 17.4. The van der Waals surface area contributed by atoms with Crippen LogP contribution in [0, 0.1) is 17.5 Å². The molecule has 0 saturated carbocycles. The molecule has 14 heteroatoms. The number of hydrogen-bond donors (Lipinski definition) is 1. The van der Waals surface area contributed by atoms with Gasteiger partial charge in [-0.1, -0.05) is 30.8 Å². The number of benzene rings is 3. The van der Waals surface area contributed by atoms with Gasteiger partial charge in [0.25, 0.3) is 0 Å². The molecule has 254 valence electrons. The third kappa shape index (κ3) is 7.66. The number of alkyl halides is 1. The fraction of sp³-hybridized carbons (Fsp3) is 0.229. The van der Waals surface area contributed by atoms with Crippen molar-refractivity contribution in [1.82, 2.24) is 19.9 Å². The Morgan fingerprint density at radius 1 is 0.939 bits per heavy atom. The van der Waals surface area contributed by atoms with E-state index in [1.807, 2.05) is 16.7 Å². The Labute approximate surface area is 285 Å². The first-order chi connectivity index (χ1) is 23.5. The number of nitrogens with zero attached hydrogens (tertiary/aromatic N) is 5. The molecule has 2 aromatic heterocycles.